The summed E-state index contributed by atoms with van der Waals surface area (Å²) in [5.41, 5.74) is 1.72. The number of phenols is 1. The van der Waals surface area contributed by atoms with Crippen LogP contribution in [0.1, 0.15) is 15.9 Å². The Hall–Kier alpha value is -1.31. The van der Waals surface area contributed by atoms with Crippen LogP contribution >= 0.6 is 0 Å². The van der Waals surface area contributed by atoms with Crippen LogP contribution in [0, 0.1) is 0 Å². The van der Waals surface area contributed by atoms with Gasteiger partial charge in [0.25, 0.3) is 0 Å². The van der Waals surface area contributed by atoms with Gasteiger partial charge in [0.15, 0.2) is 5.78 Å². The highest BCUT2D eigenvalue weighted by atomic mass is 16.3. The Morgan fingerprint density at radius 1 is 1.40 bits per heavy atom. The molecule has 0 aromatic heterocycles. The second-order valence-electron chi connectivity index (χ2n) is 2.44. The predicted octanol–water partition coefficient (Wildman–Crippen LogP) is 1.13. The molecule has 1 aliphatic carbocycles. The van der Waals surface area contributed by atoms with Gasteiger partial charge in [0.05, 0.1) is 0 Å². The summed E-state index contributed by atoms with van der Waals surface area (Å²) in [6.07, 6.45) is 0.490. The number of rotatable bonds is 0. The molecule has 0 bridgehead atoms. The van der Waals surface area contributed by atoms with Crippen LogP contribution in [0.15, 0.2) is 18.2 Å². The number of benzene rings is 1. The standard InChI is InChI=1S/C8H6O2/c9-6-1-2-7-5(3-6)4-8(7)10/h1-3,9H,4H2. The van der Waals surface area contributed by atoms with Gasteiger partial charge in [0.1, 0.15) is 5.75 Å². The lowest BCUT2D eigenvalue weighted by Gasteiger charge is -2.15. The molecular formula is C8H6O2. The zero-order valence-electron chi connectivity index (χ0n) is 5.29. The summed E-state index contributed by atoms with van der Waals surface area (Å²) in [4.78, 5) is 10.8. The third-order valence-corrected chi connectivity index (χ3v) is 1.74. The minimum Gasteiger partial charge on any atom is -0.508 e. The van der Waals surface area contributed by atoms with E-state index in [2.05, 4.69) is 0 Å². The number of aromatic hydroxyl groups is 1. The number of Topliss-reactive ketones (excluding diaryl/α,β-unsaturated/α-hetero) is 1. The summed E-state index contributed by atoms with van der Waals surface area (Å²) in [5.74, 6) is 0.418. The smallest absolute Gasteiger partial charge is 0.167 e. The molecule has 1 N–H and O–H groups in total. The van der Waals surface area contributed by atoms with Crippen molar-refractivity contribution in [2.75, 3.05) is 0 Å². The highest BCUT2D eigenvalue weighted by Crippen LogP contribution is 2.25. The summed E-state index contributed by atoms with van der Waals surface area (Å²) in [5, 5.41) is 8.95. The van der Waals surface area contributed by atoms with E-state index in [0.717, 1.165) is 11.1 Å². The fourth-order valence-electron chi connectivity index (χ4n) is 1.16. The van der Waals surface area contributed by atoms with Crippen LogP contribution < -0.4 is 0 Å². The average molecular weight is 134 g/mol. The Balaban J connectivity index is 2.59. The van der Waals surface area contributed by atoms with Crippen molar-refractivity contribution in [2.24, 2.45) is 0 Å². The second-order valence-corrected chi connectivity index (χ2v) is 2.44. The van der Waals surface area contributed by atoms with Crippen molar-refractivity contribution in [2.45, 2.75) is 6.42 Å². The van der Waals surface area contributed by atoms with Gasteiger partial charge < -0.3 is 5.11 Å². The van der Waals surface area contributed by atoms with Crippen molar-refractivity contribution in [3.05, 3.63) is 29.3 Å². The maximum atomic E-state index is 10.8. The quantitative estimate of drug-likeness (QED) is 0.577. The Morgan fingerprint density at radius 3 is 2.80 bits per heavy atom. The molecule has 2 rings (SSSR count). The van der Waals surface area contributed by atoms with Gasteiger partial charge >= 0.3 is 0 Å². The zero-order valence-corrected chi connectivity index (χ0v) is 5.29. The van der Waals surface area contributed by atoms with Gasteiger partial charge in [-0.05, 0) is 23.8 Å². The number of carbonyl (C=O) groups is 1. The van der Waals surface area contributed by atoms with Crippen LogP contribution in [0.2, 0.25) is 0 Å². The molecule has 0 radical (unpaired) electrons. The van der Waals surface area contributed by atoms with E-state index < -0.39 is 0 Å². The molecule has 2 heteroatoms. The molecule has 0 saturated heterocycles. The molecular weight excluding hydrogens is 128 g/mol. The molecule has 50 valence electrons. The normalized spacial score (nSPS) is 14.2. The fraction of sp³-hybridized carbons (Fsp3) is 0.125. The van der Waals surface area contributed by atoms with Crippen LogP contribution in [0.3, 0.4) is 0 Å². The second kappa shape index (κ2) is 1.59. The van der Waals surface area contributed by atoms with Gasteiger partial charge in [-0.3, -0.25) is 4.79 Å². The Bertz CT molecular complexity index is 302. The van der Waals surface area contributed by atoms with Crippen LogP contribution in [-0.2, 0) is 6.42 Å². The molecule has 0 spiro atoms. The number of fused-ring (bicyclic) bond motifs is 1. The molecule has 10 heavy (non-hydrogen) atoms. The first-order valence-corrected chi connectivity index (χ1v) is 3.12. The Kier molecular flexibility index (Phi) is 0.873. The summed E-state index contributed by atoms with van der Waals surface area (Å²) in [6, 6.07) is 4.84. The fourth-order valence-corrected chi connectivity index (χ4v) is 1.16. The van der Waals surface area contributed by atoms with Crippen molar-refractivity contribution in [1.29, 1.82) is 0 Å². The molecule has 0 atom stereocenters. The number of phenolic OH excluding ortho intramolecular Hbond substituents is 1. The number of carbonyl (C=O) groups excluding carboxylic acids is 1. The maximum absolute atomic E-state index is 10.8. The summed E-state index contributed by atoms with van der Waals surface area (Å²) in [7, 11) is 0. The van der Waals surface area contributed by atoms with Crippen LogP contribution in [0.25, 0.3) is 0 Å². The summed E-state index contributed by atoms with van der Waals surface area (Å²) >= 11 is 0. The predicted molar refractivity (Wildman–Crippen MR) is 36.1 cm³/mol. The third-order valence-electron chi connectivity index (χ3n) is 1.74. The van der Waals surface area contributed by atoms with Crippen LogP contribution in [0.4, 0.5) is 0 Å². The SMILES string of the molecule is O=C1Cc2cc(O)ccc21. The van der Waals surface area contributed by atoms with E-state index in [1.54, 1.807) is 12.1 Å². The molecule has 0 fully saturated rings. The lowest BCUT2D eigenvalue weighted by molar-refractivity contribution is 0.0968. The third kappa shape index (κ3) is 0.559. The van der Waals surface area contributed by atoms with Crippen molar-refractivity contribution >= 4 is 5.78 Å². The van der Waals surface area contributed by atoms with Crippen molar-refractivity contribution in [3.63, 3.8) is 0 Å². The summed E-state index contributed by atoms with van der Waals surface area (Å²) in [6.45, 7) is 0. The van der Waals surface area contributed by atoms with Gasteiger partial charge in [-0.15, -0.1) is 0 Å². The van der Waals surface area contributed by atoms with E-state index in [0.29, 0.717) is 6.42 Å². The average Bonchev–Trinajstić information content (AvgIpc) is 1.86. The molecule has 1 aromatic rings. The van der Waals surface area contributed by atoms with Gasteiger partial charge in [-0.2, -0.15) is 0 Å². The van der Waals surface area contributed by atoms with Crippen molar-refractivity contribution in [1.82, 2.24) is 0 Å². The van der Waals surface area contributed by atoms with E-state index >= 15 is 0 Å². The first-order valence-electron chi connectivity index (χ1n) is 3.12. The molecule has 0 heterocycles. The number of hydrogen-bond donors (Lipinski definition) is 1. The topological polar surface area (TPSA) is 37.3 Å². The lowest BCUT2D eigenvalue weighted by Crippen LogP contribution is -2.17. The number of ketones is 1. The maximum Gasteiger partial charge on any atom is 0.167 e. The monoisotopic (exact) mass is 134 g/mol. The summed E-state index contributed by atoms with van der Waals surface area (Å²) < 4.78 is 0. The van der Waals surface area contributed by atoms with Crippen LogP contribution in [0.5, 0.6) is 5.75 Å². The molecule has 0 unspecified atom stereocenters. The largest absolute Gasteiger partial charge is 0.508 e. The van der Waals surface area contributed by atoms with E-state index in [4.69, 9.17) is 5.11 Å². The van der Waals surface area contributed by atoms with Gasteiger partial charge in [-0.1, -0.05) is 0 Å². The van der Waals surface area contributed by atoms with Crippen molar-refractivity contribution in [3.8, 4) is 5.75 Å². The van der Waals surface area contributed by atoms with Gasteiger partial charge in [-0.25, -0.2) is 0 Å². The van der Waals surface area contributed by atoms with Crippen LogP contribution in [-0.4, -0.2) is 10.9 Å². The highest BCUT2D eigenvalue weighted by molar-refractivity contribution is 6.06. The lowest BCUT2D eigenvalue weighted by atomic mass is 9.87. The Morgan fingerprint density at radius 2 is 2.20 bits per heavy atom. The molecule has 0 aliphatic heterocycles. The zero-order chi connectivity index (χ0) is 7.14. The van der Waals surface area contributed by atoms with E-state index in [1.807, 2.05) is 0 Å². The first-order chi connectivity index (χ1) is 4.77. The van der Waals surface area contributed by atoms with Crippen molar-refractivity contribution < 1.29 is 9.90 Å². The Labute approximate surface area is 58.1 Å². The molecule has 1 aromatic carbocycles. The van der Waals surface area contributed by atoms with Gasteiger partial charge in [0.2, 0.25) is 0 Å². The van der Waals surface area contributed by atoms with E-state index in [1.165, 1.54) is 6.07 Å². The molecule has 0 saturated carbocycles. The van der Waals surface area contributed by atoms with E-state index in [-0.39, 0.29) is 11.5 Å². The number of hydrogen-bond acceptors (Lipinski definition) is 2. The van der Waals surface area contributed by atoms with E-state index in [9.17, 15) is 4.79 Å². The molecule has 2 nitrogen and oxygen atoms in total. The van der Waals surface area contributed by atoms with Gasteiger partial charge in [0, 0.05) is 12.0 Å². The highest BCUT2D eigenvalue weighted by Gasteiger charge is 2.22. The minimum absolute atomic E-state index is 0.176. The molecule has 1 aliphatic rings. The minimum atomic E-state index is 0.176. The first kappa shape index (κ1) is 5.47. The molecule has 0 amide bonds.